The quantitative estimate of drug-likeness (QED) is 0.235. The van der Waals surface area contributed by atoms with E-state index in [1.54, 1.807) is 0 Å². The van der Waals surface area contributed by atoms with Gasteiger partial charge in [0.1, 0.15) is 0 Å². The number of rotatable bonds is 10. The van der Waals surface area contributed by atoms with Gasteiger partial charge in [0.15, 0.2) is 16.6 Å². The van der Waals surface area contributed by atoms with Crippen LogP contribution in [0.3, 0.4) is 0 Å². The van der Waals surface area contributed by atoms with Crippen LogP contribution in [-0.4, -0.2) is 29.8 Å². The first kappa shape index (κ1) is 37.2. The fourth-order valence-electron chi connectivity index (χ4n) is 7.30. The van der Waals surface area contributed by atoms with Crippen molar-refractivity contribution in [1.82, 2.24) is 0 Å². The first-order valence-electron chi connectivity index (χ1n) is 15.2. The first-order chi connectivity index (χ1) is 19.6. The molecule has 0 saturated carbocycles. The van der Waals surface area contributed by atoms with E-state index in [-0.39, 0.29) is 68.3 Å². The van der Waals surface area contributed by atoms with Crippen LogP contribution in [0.1, 0.15) is 29.9 Å². The van der Waals surface area contributed by atoms with E-state index in [1.165, 1.54) is 43.8 Å². The largest absolute Gasteiger partial charge is 2.00 e. The van der Waals surface area contributed by atoms with Gasteiger partial charge in [-0.05, 0) is 96.0 Å². The second kappa shape index (κ2) is 14.6. The van der Waals surface area contributed by atoms with Crippen molar-refractivity contribution in [3.05, 3.63) is 119 Å². The Morgan fingerprint density at radius 1 is 0.682 bits per heavy atom. The summed E-state index contributed by atoms with van der Waals surface area (Å²) >= 11 is 0. The van der Waals surface area contributed by atoms with E-state index in [2.05, 4.69) is 136 Å². The van der Waals surface area contributed by atoms with Gasteiger partial charge in [-0.2, -0.15) is 0 Å². The maximum atomic E-state index is 7.08. The van der Waals surface area contributed by atoms with Crippen LogP contribution in [0, 0.1) is 11.3 Å². The Balaban J connectivity index is 0.00000176. The van der Waals surface area contributed by atoms with Crippen LogP contribution in [0.5, 0.6) is 0 Å². The van der Waals surface area contributed by atoms with Crippen molar-refractivity contribution in [3.8, 4) is 11.1 Å². The summed E-state index contributed by atoms with van der Waals surface area (Å²) in [4.78, 5) is 0. The first-order valence-corrected chi connectivity index (χ1v) is 22.1. The number of benzene rings is 3. The van der Waals surface area contributed by atoms with E-state index in [4.69, 9.17) is 8.85 Å². The van der Waals surface area contributed by atoms with Crippen molar-refractivity contribution < 1.29 is 59.9 Å². The van der Waals surface area contributed by atoms with Crippen molar-refractivity contribution in [2.24, 2.45) is 11.3 Å². The van der Waals surface area contributed by atoms with Gasteiger partial charge in [0.25, 0.3) is 0 Å². The van der Waals surface area contributed by atoms with Crippen LogP contribution in [0.15, 0.2) is 97.1 Å². The number of hydrogen-bond donors (Lipinski definition) is 0. The molecular weight excluding hydrogens is 695 g/mol. The standard InChI is InChI=1S/C37H44O2Si2.2ClH.Zr/c1-40(2,3)38-25-15-24-37(26-39-41(4,5)6,35-31-20-11-7-16-27(31)28-17-8-12-21-32(28)35)36-33-22-13-9-18-29(33)30-19-10-14-23-34(30)36;;;/h7-14,16-23,31,36H,15,24-26H2,1-6H3;2*1H;/q;;;+2/p-2. The Hall–Kier alpha value is -1.30. The van der Waals surface area contributed by atoms with Crippen LogP contribution in [0.2, 0.25) is 39.3 Å². The molecule has 0 saturated heterocycles. The summed E-state index contributed by atoms with van der Waals surface area (Å²) < 4.78 is 13.6. The average molecular weight is 739 g/mol. The molecule has 2 atom stereocenters. The minimum atomic E-state index is -1.84. The third-order valence-electron chi connectivity index (χ3n) is 8.85. The average Bonchev–Trinajstić information content (AvgIpc) is 3.46. The van der Waals surface area contributed by atoms with Gasteiger partial charge >= 0.3 is 26.2 Å². The van der Waals surface area contributed by atoms with Gasteiger partial charge < -0.3 is 33.7 Å². The molecule has 0 spiro atoms. The normalized spacial score (nSPS) is 17.8. The second-order valence-corrected chi connectivity index (χ2v) is 22.9. The van der Waals surface area contributed by atoms with Crippen molar-refractivity contribution in [2.45, 2.75) is 58.0 Å². The zero-order valence-electron chi connectivity index (χ0n) is 26.8. The Bertz CT molecular complexity index is 1610. The van der Waals surface area contributed by atoms with E-state index in [0.29, 0.717) is 6.61 Å². The predicted octanol–water partition coefficient (Wildman–Crippen LogP) is 2.03. The molecule has 0 fully saturated rings. The number of halogens is 2. The molecule has 44 heavy (non-hydrogen) atoms. The van der Waals surface area contributed by atoms with Gasteiger partial charge in [-0.25, -0.2) is 0 Å². The zero-order valence-corrected chi connectivity index (χ0v) is 32.8. The maximum Gasteiger partial charge on any atom is 2.00 e. The van der Waals surface area contributed by atoms with Gasteiger partial charge in [-0.1, -0.05) is 97.1 Å². The minimum Gasteiger partial charge on any atom is -1.00 e. The Kier molecular flexibility index (Phi) is 12.4. The molecular formula is C37H44Cl2O2Si2Zr. The third kappa shape index (κ3) is 7.15. The van der Waals surface area contributed by atoms with Crippen molar-refractivity contribution in [1.29, 1.82) is 0 Å². The van der Waals surface area contributed by atoms with Crippen molar-refractivity contribution >= 4 is 27.8 Å². The SMILES string of the molecule is C[Si](C)(C)OCCCC(CO[Si](C)(C)C)(C1=c2ccccc2=C2C=CC=CC21)C1c2ccccc2-c2ccccc21.[Cl-].[Cl-].[Zr+2]. The van der Waals surface area contributed by atoms with Gasteiger partial charge in [0.2, 0.25) is 0 Å². The van der Waals surface area contributed by atoms with Gasteiger partial charge in [-0.15, -0.1) is 0 Å². The Morgan fingerprint density at radius 2 is 1.23 bits per heavy atom. The van der Waals surface area contributed by atoms with E-state index in [0.717, 1.165) is 19.4 Å². The van der Waals surface area contributed by atoms with Gasteiger partial charge in [0.05, 0.1) is 0 Å². The van der Waals surface area contributed by atoms with E-state index in [9.17, 15) is 0 Å². The molecule has 0 bridgehead atoms. The van der Waals surface area contributed by atoms with Gasteiger partial charge in [0, 0.05) is 30.5 Å². The second-order valence-electron chi connectivity index (χ2n) is 13.9. The van der Waals surface area contributed by atoms with E-state index >= 15 is 0 Å². The Labute approximate surface area is 297 Å². The summed E-state index contributed by atoms with van der Waals surface area (Å²) in [6, 6.07) is 27.3. The van der Waals surface area contributed by atoms with Gasteiger partial charge in [-0.3, -0.25) is 0 Å². The summed E-state index contributed by atoms with van der Waals surface area (Å²) in [5, 5.41) is 2.78. The molecule has 7 heteroatoms. The molecule has 3 aliphatic carbocycles. The molecule has 0 N–H and O–H groups in total. The summed E-state index contributed by atoms with van der Waals surface area (Å²) in [6.45, 7) is 15.4. The van der Waals surface area contributed by atoms with Crippen molar-refractivity contribution in [2.75, 3.05) is 13.2 Å². The zero-order chi connectivity index (χ0) is 28.8. The molecule has 2 nitrogen and oxygen atoms in total. The molecule has 2 unspecified atom stereocenters. The molecule has 230 valence electrons. The van der Waals surface area contributed by atoms with Crippen LogP contribution < -0.4 is 35.3 Å². The van der Waals surface area contributed by atoms with E-state index < -0.39 is 16.6 Å². The molecule has 3 aromatic rings. The number of fused-ring (bicyclic) bond motifs is 5. The predicted molar refractivity (Wildman–Crippen MR) is 178 cm³/mol. The molecule has 6 rings (SSSR count). The van der Waals surface area contributed by atoms with Crippen LogP contribution in [0.25, 0.3) is 22.3 Å². The summed E-state index contributed by atoms with van der Waals surface area (Å²) in [5.41, 5.74) is 8.35. The number of hydrogen-bond acceptors (Lipinski definition) is 2. The van der Waals surface area contributed by atoms with Crippen LogP contribution >= 0.6 is 0 Å². The Morgan fingerprint density at radius 3 is 1.82 bits per heavy atom. The van der Waals surface area contributed by atoms with E-state index in [1.807, 2.05) is 0 Å². The summed E-state index contributed by atoms with van der Waals surface area (Å²) in [6.07, 6.45) is 11.2. The molecule has 3 aliphatic rings. The molecule has 0 radical (unpaired) electrons. The van der Waals surface area contributed by atoms with Crippen LogP contribution in [-0.2, 0) is 35.1 Å². The van der Waals surface area contributed by atoms with Crippen LogP contribution in [0.4, 0.5) is 0 Å². The smallest absolute Gasteiger partial charge is 1.00 e. The molecule has 3 aromatic carbocycles. The maximum absolute atomic E-state index is 7.08. The fourth-order valence-corrected chi connectivity index (χ4v) is 8.74. The molecule has 0 aliphatic heterocycles. The monoisotopic (exact) mass is 736 g/mol. The summed E-state index contributed by atoms with van der Waals surface area (Å²) in [5.74, 6) is 0.459. The molecule has 0 heterocycles. The van der Waals surface area contributed by atoms with Crippen molar-refractivity contribution in [3.63, 3.8) is 0 Å². The molecule has 0 aromatic heterocycles. The third-order valence-corrected chi connectivity index (χ3v) is 10.9. The molecule has 0 amide bonds. The minimum absolute atomic E-state index is 0. The fraction of sp³-hybridized carbons (Fsp3) is 0.351. The number of allylic oxidation sites excluding steroid dienone is 4. The summed E-state index contributed by atoms with van der Waals surface area (Å²) in [7, 11) is -3.46. The topological polar surface area (TPSA) is 18.5 Å².